The fourth-order valence-corrected chi connectivity index (χ4v) is 3.68. The second kappa shape index (κ2) is 6.27. The van der Waals surface area contributed by atoms with Gasteiger partial charge >= 0.3 is 0 Å². The molecule has 0 heterocycles. The number of aliphatic hydroxyl groups is 1. The van der Waals surface area contributed by atoms with Gasteiger partial charge in [0.05, 0.1) is 16.7 Å². The third-order valence-electron chi connectivity index (χ3n) is 5.23. The normalized spacial score (nSPS) is 16.3. The number of carbonyl (C=O) groups excluding carboxylic acids is 4. The first-order valence-electron chi connectivity index (χ1n) is 8.68. The Labute approximate surface area is 164 Å². The molecule has 0 saturated carbocycles. The SMILES string of the molecule is CC1=C(CC2=C(O)c3cccc(O)c3C(=O)C2=O)C(=O)c2c(O)cccc2C1=O. The number of rotatable bonds is 2. The minimum atomic E-state index is -1.07. The van der Waals surface area contributed by atoms with Crippen LogP contribution in [0.15, 0.2) is 53.1 Å². The lowest BCUT2D eigenvalue weighted by molar-refractivity contribution is -0.112. The van der Waals surface area contributed by atoms with E-state index in [9.17, 15) is 34.5 Å². The summed E-state index contributed by atoms with van der Waals surface area (Å²) in [7, 11) is 0. The van der Waals surface area contributed by atoms with Crippen LogP contribution in [0.4, 0.5) is 0 Å². The van der Waals surface area contributed by atoms with E-state index in [1.165, 1.54) is 43.3 Å². The fourth-order valence-electron chi connectivity index (χ4n) is 3.68. The molecular formula is C22H14O7. The molecule has 4 rings (SSSR count). The molecular weight excluding hydrogens is 376 g/mol. The zero-order chi connectivity index (χ0) is 21.0. The quantitative estimate of drug-likeness (QED) is 0.672. The Morgan fingerprint density at radius 1 is 0.655 bits per heavy atom. The third kappa shape index (κ3) is 2.51. The van der Waals surface area contributed by atoms with Gasteiger partial charge in [0.15, 0.2) is 11.6 Å². The molecule has 0 radical (unpaired) electrons. The van der Waals surface area contributed by atoms with E-state index in [-0.39, 0.29) is 44.7 Å². The molecule has 2 aromatic carbocycles. The van der Waals surface area contributed by atoms with Gasteiger partial charge in [0.2, 0.25) is 11.6 Å². The van der Waals surface area contributed by atoms with Gasteiger partial charge in [-0.2, -0.15) is 0 Å². The van der Waals surface area contributed by atoms with Gasteiger partial charge in [-0.25, -0.2) is 0 Å². The maximum absolute atomic E-state index is 13.0. The van der Waals surface area contributed by atoms with Crippen molar-refractivity contribution in [3.63, 3.8) is 0 Å². The Hall–Kier alpha value is -4.00. The Bertz CT molecular complexity index is 1230. The van der Waals surface area contributed by atoms with Crippen LogP contribution in [0.2, 0.25) is 0 Å². The topological polar surface area (TPSA) is 129 Å². The van der Waals surface area contributed by atoms with E-state index in [0.717, 1.165) is 0 Å². The predicted molar refractivity (Wildman–Crippen MR) is 101 cm³/mol. The lowest BCUT2D eigenvalue weighted by Gasteiger charge is -2.23. The van der Waals surface area contributed by atoms with Gasteiger partial charge in [0.25, 0.3) is 0 Å². The molecule has 0 saturated heterocycles. The number of hydrogen-bond acceptors (Lipinski definition) is 7. The Morgan fingerprint density at radius 2 is 1.21 bits per heavy atom. The summed E-state index contributed by atoms with van der Waals surface area (Å²) in [6.07, 6.45) is -0.463. The Morgan fingerprint density at radius 3 is 1.83 bits per heavy atom. The number of benzene rings is 2. The molecule has 2 aliphatic carbocycles. The number of aliphatic hydroxyl groups excluding tert-OH is 1. The van der Waals surface area contributed by atoms with Crippen molar-refractivity contribution in [1.82, 2.24) is 0 Å². The first-order chi connectivity index (χ1) is 13.7. The standard InChI is InChI=1S/C22H14O7/c1-9-12(20(27)16-10(18(9)25)4-2-6-14(16)23)8-13-19(26)11-5-3-7-15(24)17(11)22(29)21(13)28/h2-7,23-24,26H,8H2,1H3. The zero-order valence-corrected chi connectivity index (χ0v) is 15.1. The van der Waals surface area contributed by atoms with Gasteiger partial charge in [-0.05, 0) is 19.1 Å². The highest BCUT2D eigenvalue weighted by atomic mass is 16.3. The largest absolute Gasteiger partial charge is 0.507 e. The van der Waals surface area contributed by atoms with Gasteiger partial charge in [-0.1, -0.05) is 24.3 Å². The molecule has 0 spiro atoms. The molecule has 3 N–H and O–H groups in total. The number of phenolic OH excluding ortho intramolecular Hbond substituents is 2. The van der Waals surface area contributed by atoms with E-state index in [1.807, 2.05) is 0 Å². The molecule has 144 valence electrons. The van der Waals surface area contributed by atoms with E-state index < -0.39 is 41.1 Å². The molecule has 0 unspecified atom stereocenters. The zero-order valence-electron chi connectivity index (χ0n) is 15.1. The summed E-state index contributed by atoms with van der Waals surface area (Å²) in [4.78, 5) is 50.6. The maximum atomic E-state index is 13.0. The second-order valence-electron chi connectivity index (χ2n) is 6.82. The van der Waals surface area contributed by atoms with Crippen LogP contribution in [0.3, 0.4) is 0 Å². The molecule has 29 heavy (non-hydrogen) atoms. The van der Waals surface area contributed by atoms with Crippen LogP contribution in [-0.2, 0) is 4.79 Å². The molecule has 7 heteroatoms. The maximum Gasteiger partial charge on any atom is 0.237 e. The summed E-state index contributed by atoms with van der Waals surface area (Å²) in [5.74, 6) is -4.57. The van der Waals surface area contributed by atoms with Crippen molar-refractivity contribution < 1.29 is 34.5 Å². The molecule has 2 aliphatic rings. The molecule has 0 aliphatic heterocycles. The van der Waals surface area contributed by atoms with Crippen molar-refractivity contribution in [3.05, 3.63) is 75.4 Å². The van der Waals surface area contributed by atoms with E-state index in [1.54, 1.807) is 0 Å². The van der Waals surface area contributed by atoms with Crippen LogP contribution >= 0.6 is 0 Å². The average Bonchev–Trinajstić information content (AvgIpc) is 2.69. The van der Waals surface area contributed by atoms with Gasteiger partial charge in [-0.15, -0.1) is 0 Å². The van der Waals surface area contributed by atoms with Crippen molar-refractivity contribution in [2.24, 2.45) is 0 Å². The summed E-state index contributed by atoms with van der Waals surface area (Å²) in [5.41, 5.74) is -0.825. The van der Waals surface area contributed by atoms with Crippen molar-refractivity contribution in [3.8, 4) is 11.5 Å². The number of ketones is 4. The molecule has 0 fully saturated rings. The van der Waals surface area contributed by atoms with Crippen molar-refractivity contribution in [1.29, 1.82) is 0 Å². The van der Waals surface area contributed by atoms with E-state index in [4.69, 9.17) is 0 Å². The first-order valence-corrected chi connectivity index (χ1v) is 8.68. The fraction of sp³-hybridized carbons (Fsp3) is 0.0909. The minimum Gasteiger partial charge on any atom is -0.507 e. The van der Waals surface area contributed by atoms with Gasteiger partial charge in [-0.3, -0.25) is 19.2 Å². The number of phenols is 2. The lowest BCUT2D eigenvalue weighted by atomic mass is 9.78. The third-order valence-corrected chi connectivity index (χ3v) is 5.23. The number of aromatic hydroxyl groups is 2. The molecule has 0 aromatic heterocycles. The van der Waals surface area contributed by atoms with Crippen LogP contribution in [0, 0.1) is 0 Å². The highest BCUT2D eigenvalue weighted by molar-refractivity contribution is 6.53. The Balaban J connectivity index is 1.87. The van der Waals surface area contributed by atoms with Crippen LogP contribution in [0.25, 0.3) is 5.76 Å². The number of carbonyl (C=O) groups is 4. The van der Waals surface area contributed by atoms with Gasteiger partial charge < -0.3 is 15.3 Å². The van der Waals surface area contributed by atoms with E-state index in [0.29, 0.717) is 0 Å². The highest BCUT2D eigenvalue weighted by Crippen LogP contribution is 2.39. The van der Waals surface area contributed by atoms with E-state index >= 15 is 0 Å². The van der Waals surface area contributed by atoms with Crippen molar-refractivity contribution >= 4 is 28.9 Å². The average molecular weight is 390 g/mol. The summed E-state index contributed by atoms with van der Waals surface area (Å²) < 4.78 is 0. The summed E-state index contributed by atoms with van der Waals surface area (Å²) in [6, 6.07) is 8.12. The lowest BCUT2D eigenvalue weighted by Crippen LogP contribution is -2.27. The Kier molecular flexibility index (Phi) is 3.97. The number of Topliss-reactive ketones (excluding diaryl/α,β-unsaturated/α-hetero) is 4. The highest BCUT2D eigenvalue weighted by Gasteiger charge is 2.38. The first kappa shape index (κ1) is 18.4. The van der Waals surface area contributed by atoms with Crippen LogP contribution < -0.4 is 0 Å². The molecule has 0 amide bonds. The summed E-state index contributed by atoms with van der Waals surface area (Å²) in [5, 5.41) is 30.5. The molecule has 7 nitrogen and oxygen atoms in total. The van der Waals surface area contributed by atoms with Gasteiger partial charge in [0.1, 0.15) is 17.3 Å². The van der Waals surface area contributed by atoms with Gasteiger partial charge in [0, 0.05) is 28.7 Å². The summed E-state index contributed by atoms with van der Waals surface area (Å²) in [6.45, 7) is 1.41. The monoisotopic (exact) mass is 390 g/mol. The van der Waals surface area contributed by atoms with Crippen LogP contribution in [0.5, 0.6) is 11.5 Å². The van der Waals surface area contributed by atoms with E-state index in [2.05, 4.69) is 0 Å². The number of hydrogen-bond donors (Lipinski definition) is 3. The molecule has 0 bridgehead atoms. The van der Waals surface area contributed by atoms with Crippen LogP contribution in [0.1, 0.15) is 50.0 Å². The summed E-state index contributed by atoms with van der Waals surface area (Å²) >= 11 is 0. The number of allylic oxidation sites excluding steroid dienone is 3. The van der Waals surface area contributed by atoms with Crippen molar-refractivity contribution in [2.45, 2.75) is 13.3 Å². The number of fused-ring (bicyclic) bond motifs is 2. The van der Waals surface area contributed by atoms with Crippen molar-refractivity contribution in [2.75, 3.05) is 0 Å². The smallest absolute Gasteiger partial charge is 0.237 e. The minimum absolute atomic E-state index is 0.0271. The second-order valence-corrected chi connectivity index (χ2v) is 6.82. The molecule has 2 aromatic rings. The molecule has 0 atom stereocenters. The van der Waals surface area contributed by atoms with Crippen LogP contribution in [-0.4, -0.2) is 38.5 Å². The predicted octanol–water partition coefficient (Wildman–Crippen LogP) is 2.92.